The van der Waals surface area contributed by atoms with Crippen molar-refractivity contribution < 1.29 is 9.47 Å². The predicted octanol–water partition coefficient (Wildman–Crippen LogP) is 3.91. The van der Waals surface area contributed by atoms with Crippen LogP contribution in [0.3, 0.4) is 0 Å². The van der Waals surface area contributed by atoms with Gasteiger partial charge in [0.15, 0.2) is 0 Å². The number of aromatic nitrogens is 4. The Kier molecular flexibility index (Phi) is 6.23. The number of methoxy groups -OCH3 is 1. The highest BCUT2D eigenvalue weighted by Crippen LogP contribution is 2.36. The third kappa shape index (κ3) is 4.75. The van der Waals surface area contributed by atoms with Crippen molar-refractivity contribution in [3.8, 4) is 28.3 Å². The highest BCUT2D eigenvalue weighted by atomic mass is 16.5. The zero-order chi connectivity index (χ0) is 24.3. The van der Waals surface area contributed by atoms with Gasteiger partial charge < -0.3 is 20.1 Å². The second kappa shape index (κ2) is 9.96. The molecule has 2 aliphatic rings. The van der Waals surface area contributed by atoms with Crippen LogP contribution in [0.1, 0.15) is 6.42 Å². The van der Waals surface area contributed by atoms with E-state index in [-0.39, 0.29) is 0 Å². The van der Waals surface area contributed by atoms with Gasteiger partial charge in [-0.1, -0.05) is 12.1 Å². The Morgan fingerprint density at radius 1 is 1.06 bits per heavy atom. The number of hydrogen-bond donors (Lipinski definition) is 2. The first kappa shape index (κ1) is 22.5. The molecule has 184 valence electrons. The van der Waals surface area contributed by atoms with Crippen molar-refractivity contribution in [1.29, 1.82) is 0 Å². The molecule has 1 aliphatic carbocycles. The molecule has 3 aromatic heterocycles. The van der Waals surface area contributed by atoms with Crippen LogP contribution < -0.4 is 15.4 Å². The lowest BCUT2D eigenvalue weighted by Crippen LogP contribution is -2.39. The first-order valence-electron chi connectivity index (χ1n) is 12.3. The molecule has 0 saturated carbocycles. The van der Waals surface area contributed by atoms with Crippen LogP contribution in [0.2, 0.25) is 0 Å². The number of rotatable bonds is 9. The summed E-state index contributed by atoms with van der Waals surface area (Å²) in [7, 11) is 1.67. The molecule has 0 atom stereocenters. The molecule has 1 fully saturated rings. The van der Waals surface area contributed by atoms with Gasteiger partial charge in [0, 0.05) is 50.1 Å². The maximum atomic E-state index is 5.47. The lowest BCUT2D eigenvalue weighted by Gasteiger charge is -2.26. The summed E-state index contributed by atoms with van der Waals surface area (Å²) >= 11 is 0. The number of nitrogens with one attached hydrogen (secondary N) is 2. The van der Waals surface area contributed by atoms with Crippen LogP contribution in [0.25, 0.3) is 28.0 Å². The number of benzene rings is 1. The summed E-state index contributed by atoms with van der Waals surface area (Å²) in [6.07, 6.45) is 4.86. The van der Waals surface area contributed by atoms with Gasteiger partial charge in [0.2, 0.25) is 5.95 Å². The van der Waals surface area contributed by atoms with Crippen LogP contribution >= 0.6 is 0 Å². The minimum Gasteiger partial charge on any atom is -0.497 e. The topological polar surface area (TPSA) is 88.8 Å². The van der Waals surface area contributed by atoms with E-state index in [2.05, 4.69) is 44.8 Å². The molecule has 0 bridgehead atoms. The van der Waals surface area contributed by atoms with Gasteiger partial charge in [-0.05, 0) is 42.5 Å². The molecule has 9 heteroatoms. The molecule has 1 saturated heterocycles. The van der Waals surface area contributed by atoms with Crippen molar-refractivity contribution in [2.75, 3.05) is 57.1 Å². The second-order valence-electron chi connectivity index (χ2n) is 8.86. The number of fused-ring (bicyclic) bond motifs is 1. The van der Waals surface area contributed by atoms with Gasteiger partial charge in [-0.2, -0.15) is 5.10 Å². The van der Waals surface area contributed by atoms with Crippen molar-refractivity contribution in [1.82, 2.24) is 24.5 Å². The number of anilines is 2. The van der Waals surface area contributed by atoms with Gasteiger partial charge in [-0.15, -0.1) is 0 Å². The van der Waals surface area contributed by atoms with Crippen molar-refractivity contribution in [2.24, 2.45) is 0 Å². The Hall–Kier alpha value is -3.95. The third-order valence-electron chi connectivity index (χ3n) is 6.45. The zero-order valence-electron chi connectivity index (χ0n) is 20.3. The molecule has 0 spiro atoms. The zero-order valence-corrected chi connectivity index (χ0v) is 20.3. The van der Waals surface area contributed by atoms with Gasteiger partial charge in [0.1, 0.15) is 17.3 Å². The summed E-state index contributed by atoms with van der Waals surface area (Å²) in [5.74, 6) is 2.34. The van der Waals surface area contributed by atoms with E-state index in [9.17, 15) is 0 Å². The van der Waals surface area contributed by atoms with E-state index >= 15 is 0 Å². The van der Waals surface area contributed by atoms with Crippen LogP contribution in [-0.4, -0.2) is 71.0 Å². The molecule has 2 N–H and O–H groups in total. The van der Waals surface area contributed by atoms with E-state index in [1.807, 2.05) is 34.8 Å². The fraction of sp³-hybridized carbons (Fsp3) is 0.296. The van der Waals surface area contributed by atoms with Crippen LogP contribution in [0.4, 0.5) is 11.8 Å². The minimum atomic E-state index is 0.594. The number of allylic oxidation sites excluding steroid dienone is 2. The predicted molar refractivity (Wildman–Crippen MR) is 140 cm³/mol. The maximum absolute atomic E-state index is 5.47. The molecule has 0 amide bonds. The Morgan fingerprint density at radius 3 is 2.67 bits per heavy atom. The van der Waals surface area contributed by atoms with E-state index in [1.165, 1.54) is 0 Å². The van der Waals surface area contributed by atoms with Crippen LogP contribution in [0.15, 0.2) is 66.5 Å². The van der Waals surface area contributed by atoms with E-state index < -0.39 is 0 Å². The Morgan fingerprint density at radius 2 is 1.89 bits per heavy atom. The number of nitrogens with zero attached hydrogens (tertiary/aromatic N) is 5. The quantitative estimate of drug-likeness (QED) is 0.371. The normalized spacial score (nSPS) is 15.5. The summed E-state index contributed by atoms with van der Waals surface area (Å²) in [4.78, 5) is 11.7. The number of pyridine rings is 1. The van der Waals surface area contributed by atoms with Gasteiger partial charge in [-0.25, -0.2) is 14.5 Å². The summed E-state index contributed by atoms with van der Waals surface area (Å²) in [6.45, 7) is 5.33. The van der Waals surface area contributed by atoms with Gasteiger partial charge in [-0.3, -0.25) is 4.90 Å². The standard InChI is InChI=1S/C27H29N7O2/c1-35-21-9-5-19(6-10-21)26-25(22-11-12-29-27(31-22)30-20-7-8-20)23-3-2-4-24(34(23)32-26)28-13-14-33-15-17-36-18-16-33/h2-7,9-12,28H,8,13-18H2,1H3,(H,29,30,31). The third-order valence-corrected chi connectivity index (χ3v) is 6.45. The smallest absolute Gasteiger partial charge is 0.227 e. The van der Waals surface area contributed by atoms with Crippen LogP contribution in [0, 0.1) is 0 Å². The molecule has 4 heterocycles. The Bertz CT molecular complexity index is 1390. The van der Waals surface area contributed by atoms with E-state index in [0.717, 1.165) is 91.1 Å². The summed E-state index contributed by atoms with van der Waals surface area (Å²) in [5.41, 5.74) is 5.76. The Balaban J connectivity index is 1.38. The first-order chi connectivity index (χ1) is 17.8. The molecule has 4 aromatic rings. The molecular formula is C27H29N7O2. The lowest BCUT2D eigenvalue weighted by molar-refractivity contribution is 0.0398. The molecule has 0 radical (unpaired) electrons. The van der Waals surface area contributed by atoms with Crippen molar-refractivity contribution in [3.05, 3.63) is 66.5 Å². The first-order valence-corrected chi connectivity index (χ1v) is 12.3. The maximum Gasteiger partial charge on any atom is 0.227 e. The second-order valence-corrected chi connectivity index (χ2v) is 8.86. The van der Waals surface area contributed by atoms with Gasteiger partial charge >= 0.3 is 0 Å². The minimum absolute atomic E-state index is 0.594. The van der Waals surface area contributed by atoms with Crippen LogP contribution in [0.5, 0.6) is 5.75 Å². The SMILES string of the molecule is COc1ccc(-c2nn3c(NCCN4CCOCC4)cccc3c2-c2ccnc(NC3=CC3)n2)cc1. The fourth-order valence-electron chi connectivity index (χ4n) is 4.43. The molecular weight excluding hydrogens is 454 g/mol. The average Bonchev–Trinajstić information content (AvgIpc) is 3.65. The number of hydrogen-bond acceptors (Lipinski definition) is 8. The van der Waals surface area contributed by atoms with Crippen molar-refractivity contribution >= 4 is 17.3 Å². The molecule has 6 rings (SSSR count). The molecule has 1 aromatic carbocycles. The lowest BCUT2D eigenvalue weighted by atomic mass is 10.0. The summed E-state index contributed by atoms with van der Waals surface area (Å²) in [5, 5.41) is 11.9. The van der Waals surface area contributed by atoms with E-state index in [1.54, 1.807) is 13.3 Å². The van der Waals surface area contributed by atoms with Gasteiger partial charge in [0.25, 0.3) is 0 Å². The highest BCUT2D eigenvalue weighted by molar-refractivity contribution is 5.91. The largest absolute Gasteiger partial charge is 0.497 e. The number of morpholine rings is 1. The molecule has 9 nitrogen and oxygen atoms in total. The molecule has 36 heavy (non-hydrogen) atoms. The van der Waals surface area contributed by atoms with Gasteiger partial charge in [0.05, 0.1) is 37.1 Å². The summed E-state index contributed by atoms with van der Waals surface area (Å²) in [6, 6.07) is 16.1. The van der Waals surface area contributed by atoms with Crippen molar-refractivity contribution in [3.63, 3.8) is 0 Å². The average molecular weight is 484 g/mol. The molecule has 0 unspecified atom stereocenters. The highest BCUT2D eigenvalue weighted by Gasteiger charge is 2.20. The van der Waals surface area contributed by atoms with Crippen LogP contribution in [-0.2, 0) is 4.74 Å². The van der Waals surface area contributed by atoms with E-state index in [0.29, 0.717) is 5.95 Å². The fourth-order valence-corrected chi connectivity index (χ4v) is 4.43. The summed E-state index contributed by atoms with van der Waals surface area (Å²) < 4.78 is 12.8. The monoisotopic (exact) mass is 483 g/mol. The van der Waals surface area contributed by atoms with E-state index in [4.69, 9.17) is 19.6 Å². The Labute approximate surface area is 209 Å². The molecule has 1 aliphatic heterocycles. The number of ether oxygens (including phenoxy) is 2. The van der Waals surface area contributed by atoms with Crippen molar-refractivity contribution in [2.45, 2.75) is 6.42 Å².